The van der Waals surface area contributed by atoms with Gasteiger partial charge in [-0.2, -0.15) is 0 Å². The summed E-state index contributed by atoms with van der Waals surface area (Å²) < 4.78 is 33.7. The van der Waals surface area contributed by atoms with Crippen LogP contribution in [0.1, 0.15) is 31.0 Å². The summed E-state index contributed by atoms with van der Waals surface area (Å²) in [5, 5.41) is 2.91. The molecule has 0 aliphatic rings. The third kappa shape index (κ3) is 6.33. The van der Waals surface area contributed by atoms with Crippen molar-refractivity contribution in [1.29, 1.82) is 0 Å². The summed E-state index contributed by atoms with van der Waals surface area (Å²) in [6, 6.07) is 20.9. The molecule has 0 fully saturated rings. The Morgan fingerprint density at radius 2 is 1.62 bits per heavy atom. The van der Waals surface area contributed by atoms with Crippen molar-refractivity contribution < 1.29 is 17.9 Å². The van der Waals surface area contributed by atoms with Gasteiger partial charge in [-0.05, 0) is 81.1 Å². The number of amides is 1. The largest absolute Gasteiger partial charge is 0.494 e. The zero-order chi connectivity index (χ0) is 24.7. The minimum Gasteiger partial charge on any atom is -0.494 e. The van der Waals surface area contributed by atoms with Crippen LogP contribution in [0.15, 0.2) is 82.6 Å². The standard InChI is InChI=1S/C26H30N2O4S2/c1-5-32-23-12-8-21(9-13-23)20(3)27-26(29)18-28(22-10-6-19(2)7-11-22)34(30,31)25-16-14-24(33-4)15-17-25/h6-17,20H,5,18H2,1-4H3,(H,27,29)/t20-/m1/s1. The molecule has 0 spiro atoms. The fourth-order valence-corrected chi connectivity index (χ4v) is 5.25. The van der Waals surface area contributed by atoms with E-state index in [1.165, 1.54) is 11.8 Å². The van der Waals surface area contributed by atoms with Crippen LogP contribution < -0.4 is 14.4 Å². The molecule has 0 saturated heterocycles. The predicted octanol–water partition coefficient (Wildman–Crippen LogP) is 5.19. The van der Waals surface area contributed by atoms with E-state index in [-0.39, 0.29) is 17.5 Å². The first-order valence-corrected chi connectivity index (χ1v) is 13.7. The highest BCUT2D eigenvalue weighted by atomic mass is 32.2. The van der Waals surface area contributed by atoms with E-state index in [9.17, 15) is 13.2 Å². The van der Waals surface area contributed by atoms with E-state index >= 15 is 0 Å². The van der Waals surface area contributed by atoms with Crippen LogP contribution in [0.25, 0.3) is 0 Å². The topological polar surface area (TPSA) is 75.7 Å². The number of ether oxygens (including phenoxy) is 1. The molecular formula is C26H30N2O4S2. The lowest BCUT2D eigenvalue weighted by Crippen LogP contribution is -2.41. The Labute approximate surface area is 206 Å². The average Bonchev–Trinajstić information content (AvgIpc) is 2.84. The molecule has 8 heteroatoms. The SMILES string of the molecule is CCOc1ccc([C@@H](C)NC(=O)CN(c2ccc(C)cc2)S(=O)(=O)c2ccc(SC)cc2)cc1. The first-order valence-electron chi connectivity index (χ1n) is 11.0. The molecule has 3 aromatic carbocycles. The maximum atomic E-state index is 13.5. The highest BCUT2D eigenvalue weighted by Crippen LogP contribution is 2.26. The number of hydrogen-bond donors (Lipinski definition) is 1. The van der Waals surface area contributed by atoms with Gasteiger partial charge >= 0.3 is 0 Å². The van der Waals surface area contributed by atoms with E-state index in [0.717, 1.165) is 26.1 Å². The molecular weight excluding hydrogens is 468 g/mol. The molecule has 0 radical (unpaired) electrons. The second kappa shape index (κ2) is 11.4. The van der Waals surface area contributed by atoms with Gasteiger partial charge in [0, 0.05) is 4.90 Å². The van der Waals surface area contributed by atoms with Gasteiger partial charge < -0.3 is 10.1 Å². The molecule has 6 nitrogen and oxygen atoms in total. The van der Waals surface area contributed by atoms with Crippen molar-refractivity contribution in [3.05, 3.63) is 83.9 Å². The molecule has 0 saturated carbocycles. The number of anilines is 1. The zero-order valence-electron chi connectivity index (χ0n) is 19.8. The van der Waals surface area contributed by atoms with E-state index in [0.29, 0.717) is 12.3 Å². The summed E-state index contributed by atoms with van der Waals surface area (Å²) in [6.07, 6.45) is 1.93. The van der Waals surface area contributed by atoms with Crippen molar-refractivity contribution in [1.82, 2.24) is 5.32 Å². The number of carbonyl (C=O) groups excluding carboxylic acids is 1. The van der Waals surface area contributed by atoms with Crippen molar-refractivity contribution in [2.24, 2.45) is 0 Å². The third-order valence-corrected chi connectivity index (χ3v) is 7.86. The monoisotopic (exact) mass is 498 g/mol. The zero-order valence-corrected chi connectivity index (χ0v) is 21.4. The lowest BCUT2D eigenvalue weighted by atomic mass is 10.1. The van der Waals surface area contributed by atoms with Gasteiger partial charge in [0.2, 0.25) is 5.91 Å². The van der Waals surface area contributed by atoms with Crippen LogP contribution in [0.2, 0.25) is 0 Å². The molecule has 1 N–H and O–H groups in total. The highest BCUT2D eigenvalue weighted by Gasteiger charge is 2.27. The fraction of sp³-hybridized carbons (Fsp3) is 0.269. The minimum atomic E-state index is -3.95. The Morgan fingerprint density at radius 1 is 1.00 bits per heavy atom. The van der Waals surface area contributed by atoms with Gasteiger partial charge in [-0.3, -0.25) is 9.10 Å². The van der Waals surface area contributed by atoms with Crippen LogP contribution in [-0.2, 0) is 14.8 Å². The van der Waals surface area contributed by atoms with E-state index in [1.54, 1.807) is 36.4 Å². The molecule has 0 aromatic heterocycles. The summed E-state index contributed by atoms with van der Waals surface area (Å²) in [5.74, 6) is 0.361. The summed E-state index contributed by atoms with van der Waals surface area (Å²) in [4.78, 5) is 14.1. The molecule has 34 heavy (non-hydrogen) atoms. The normalized spacial score (nSPS) is 12.1. The maximum absolute atomic E-state index is 13.5. The minimum absolute atomic E-state index is 0.137. The van der Waals surface area contributed by atoms with Gasteiger partial charge in [0.05, 0.1) is 23.2 Å². The van der Waals surface area contributed by atoms with Gasteiger partial charge in [-0.25, -0.2) is 8.42 Å². The number of sulfonamides is 1. The van der Waals surface area contributed by atoms with Crippen molar-refractivity contribution in [3.63, 3.8) is 0 Å². The second-order valence-corrected chi connectivity index (χ2v) is 10.6. The molecule has 3 rings (SSSR count). The van der Waals surface area contributed by atoms with Crippen LogP contribution in [0.3, 0.4) is 0 Å². The number of nitrogens with one attached hydrogen (secondary N) is 1. The molecule has 0 bridgehead atoms. The first kappa shape index (κ1) is 25.6. The van der Waals surface area contributed by atoms with Crippen LogP contribution in [0, 0.1) is 6.92 Å². The van der Waals surface area contributed by atoms with Crippen LogP contribution in [0.4, 0.5) is 5.69 Å². The van der Waals surface area contributed by atoms with Crippen LogP contribution in [-0.4, -0.2) is 33.7 Å². The second-order valence-electron chi connectivity index (χ2n) is 7.81. The average molecular weight is 499 g/mol. The molecule has 3 aromatic rings. The van der Waals surface area contributed by atoms with Gasteiger partial charge in [0.1, 0.15) is 12.3 Å². The summed E-state index contributed by atoms with van der Waals surface area (Å²) in [7, 11) is -3.95. The Kier molecular flexibility index (Phi) is 8.63. The van der Waals surface area contributed by atoms with Gasteiger partial charge in [-0.1, -0.05) is 29.8 Å². The van der Waals surface area contributed by atoms with E-state index in [1.807, 2.05) is 63.4 Å². The summed E-state index contributed by atoms with van der Waals surface area (Å²) >= 11 is 1.53. The number of benzene rings is 3. The molecule has 0 heterocycles. The molecule has 0 aliphatic heterocycles. The lowest BCUT2D eigenvalue weighted by Gasteiger charge is -2.25. The Bertz CT molecular complexity index is 1190. The Morgan fingerprint density at radius 3 is 2.18 bits per heavy atom. The number of nitrogens with zero attached hydrogens (tertiary/aromatic N) is 1. The van der Waals surface area contributed by atoms with Crippen molar-refractivity contribution >= 4 is 33.4 Å². The van der Waals surface area contributed by atoms with Crippen LogP contribution >= 0.6 is 11.8 Å². The highest BCUT2D eigenvalue weighted by molar-refractivity contribution is 7.98. The Hall–Kier alpha value is -2.97. The van der Waals surface area contributed by atoms with E-state index in [2.05, 4.69) is 5.32 Å². The first-order chi connectivity index (χ1) is 16.2. The molecule has 1 amide bonds. The maximum Gasteiger partial charge on any atom is 0.264 e. The van der Waals surface area contributed by atoms with Crippen molar-refractivity contribution in [2.45, 2.75) is 36.6 Å². The summed E-state index contributed by atoms with van der Waals surface area (Å²) in [5.41, 5.74) is 2.33. The molecule has 0 unspecified atom stereocenters. The lowest BCUT2D eigenvalue weighted by molar-refractivity contribution is -0.120. The summed E-state index contributed by atoms with van der Waals surface area (Å²) in [6.45, 7) is 5.95. The smallest absolute Gasteiger partial charge is 0.264 e. The van der Waals surface area contributed by atoms with Gasteiger partial charge in [0.15, 0.2) is 0 Å². The number of carbonyl (C=O) groups is 1. The van der Waals surface area contributed by atoms with E-state index < -0.39 is 15.9 Å². The quantitative estimate of drug-likeness (QED) is 0.390. The van der Waals surface area contributed by atoms with Crippen LogP contribution in [0.5, 0.6) is 5.75 Å². The number of aryl methyl sites for hydroxylation is 1. The predicted molar refractivity (Wildman–Crippen MR) is 138 cm³/mol. The number of hydrogen-bond acceptors (Lipinski definition) is 5. The molecule has 0 aliphatic carbocycles. The number of thioether (sulfide) groups is 1. The van der Waals surface area contributed by atoms with Gasteiger partial charge in [-0.15, -0.1) is 11.8 Å². The molecule has 180 valence electrons. The van der Waals surface area contributed by atoms with Crippen molar-refractivity contribution in [3.8, 4) is 5.75 Å². The fourth-order valence-electron chi connectivity index (χ4n) is 3.42. The van der Waals surface area contributed by atoms with E-state index in [4.69, 9.17) is 4.74 Å². The van der Waals surface area contributed by atoms with Crippen molar-refractivity contribution in [2.75, 3.05) is 23.7 Å². The third-order valence-electron chi connectivity index (χ3n) is 5.33. The molecule has 1 atom stereocenters. The van der Waals surface area contributed by atoms with Gasteiger partial charge in [0.25, 0.3) is 10.0 Å². The number of rotatable bonds is 10. The Balaban J connectivity index is 1.83.